The van der Waals surface area contributed by atoms with Crippen molar-refractivity contribution in [2.75, 3.05) is 11.4 Å². The second-order valence-corrected chi connectivity index (χ2v) is 11.2. The lowest BCUT2D eigenvalue weighted by molar-refractivity contribution is 0.0808. The number of guanidine groups is 1. The Kier molecular flexibility index (Phi) is 4.68. The van der Waals surface area contributed by atoms with Gasteiger partial charge in [0.25, 0.3) is 5.91 Å². The van der Waals surface area contributed by atoms with Crippen molar-refractivity contribution in [1.82, 2.24) is 19.4 Å². The third-order valence-electron chi connectivity index (χ3n) is 6.53. The van der Waals surface area contributed by atoms with Crippen LogP contribution < -0.4 is 9.62 Å². The number of sulfonamides is 1. The molecule has 33 heavy (non-hydrogen) atoms. The van der Waals surface area contributed by atoms with Crippen LogP contribution in [0.1, 0.15) is 48.2 Å². The van der Waals surface area contributed by atoms with Crippen molar-refractivity contribution < 1.29 is 13.2 Å². The average molecular weight is 462 g/mol. The fourth-order valence-electron chi connectivity index (χ4n) is 4.43. The van der Waals surface area contributed by atoms with Gasteiger partial charge in [-0.05, 0) is 56.9 Å². The van der Waals surface area contributed by atoms with Gasteiger partial charge in [0.05, 0.1) is 50.6 Å². The standard InChI is InChI=1S/C21H24B2N6O3S/c1-12-7-15(33(31,32)26-20(3)5-6-20)8-16-17(12)28-13(2)9-24-19(28)29(18(16)30)21(22,23)14-10-25-27(4)11-14/h7-8,10-11,13,26H,5-6,9H2,1-4H3/t13-/m1/s1. The lowest BCUT2D eigenvalue weighted by Crippen LogP contribution is -2.61. The van der Waals surface area contributed by atoms with Gasteiger partial charge in [-0.2, -0.15) is 5.10 Å². The molecule has 2 aliphatic heterocycles. The van der Waals surface area contributed by atoms with Crippen LogP contribution in [0.2, 0.25) is 0 Å². The van der Waals surface area contributed by atoms with Crippen molar-refractivity contribution in [3.8, 4) is 0 Å². The number of anilines is 1. The number of aliphatic imine (C=N–C) groups is 1. The molecule has 0 unspecified atom stereocenters. The Bertz CT molecular complexity index is 1320. The minimum absolute atomic E-state index is 0.0356. The molecule has 1 fully saturated rings. The topological polar surface area (TPSA) is 99.9 Å². The molecule has 1 atom stereocenters. The Morgan fingerprint density at radius 3 is 2.58 bits per heavy atom. The molecule has 9 nitrogen and oxygen atoms in total. The summed E-state index contributed by atoms with van der Waals surface area (Å²) in [6, 6.07) is 2.94. The van der Waals surface area contributed by atoms with Crippen molar-refractivity contribution in [2.45, 2.75) is 55.4 Å². The number of aromatic nitrogens is 2. The maximum atomic E-state index is 13.8. The lowest BCUT2D eigenvalue weighted by atomic mass is 9.57. The number of rotatable bonds is 5. The zero-order valence-corrected chi connectivity index (χ0v) is 19.8. The summed E-state index contributed by atoms with van der Waals surface area (Å²) in [5.74, 6) is -0.170. The molecule has 1 amide bonds. The van der Waals surface area contributed by atoms with Crippen LogP contribution in [0.15, 0.2) is 34.4 Å². The van der Waals surface area contributed by atoms with E-state index in [1.54, 1.807) is 30.9 Å². The van der Waals surface area contributed by atoms with Crippen LogP contribution in [0.4, 0.5) is 5.69 Å². The number of nitrogens with zero attached hydrogens (tertiary/aromatic N) is 5. The summed E-state index contributed by atoms with van der Waals surface area (Å²) in [6.45, 7) is 6.08. The number of hydrogen-bond donors (Lipinski definition) is 1. The second kappa shape index (κ2) is 6.96. The molecule has 1 aromatic heterocycles. The molecule has 4 radical (unpaired) electrons. The van der Waals surface area contributed by atoms with E-state index < -0.39 is 26.8 Å². The summed E-state index contributed by atoms with van der Waals surface area (Å²) in [7, 11) is 10.9. The Morgan fingerprint density at radius 2 is 1.97 bits per heavy atom. The molecule has 3 heterocycles. The molecule has 1 N–H and O–H groups in total. The third-order valence-corrected chi connectivity index (χ3v) is 8.15. The third kappa shape index (κ3) is 3.42. The molecule has 5 rings (SSSR count). The maximum Gasteiger partial charge on any atom is 0.262 e. The summed E-state index contributed by atoms with van der Waals surface area (Å²) in [5.41, 5.74) is 1.48. The Morgan fingerprint density at radius 1 is 1.27 bits per heavy atom. The van der Waals surface area contributed by atoms with Crippen molar-refractivity contribution in [2.24, 2.45) is 12.0 Å². The Labute approximate surface area is 196 Å². The molecule has 1 aromatic carbocycles. The number of fused-ring (bicyclic) bond motifs is 3. The molecule has 0 saturated heterocycles. The van der Waals surface area contributed by atoms with Crippen LogP contribution in [0, 0.1) is 6.92 Å². The van der Waals surface area contributed by atoms with E-state index in [9.17, 15) is 13.2 Å². The quantitative estimate of drug-likeness (QED) is 0.661. The average Bonchev–Trinajstić information content (AvgIpc) is 3.08. The first kappa shape index (κ1) is 22.2. The Balaban J connectivity index is 1.66. The molecule has 1 saturated carbocycles. The summed E-state index contributed by atoms with van der Waals surface area (Å²) in [4.78, 5) is 21.6. The predicted octanol–water partition coefficient (Wildman–Crippen LogP) is 0.727. The van der Waals surface area contributed by atoms with Crippen LogP contribution in [0.5, 0.6) is 0 Å². The minimum atomic E-state index is -3.82. The molecular weight excluding hydrogens is 438 g/mol. The van der Waals surface area contributed by atoms with Gasteiger partial charge in [-0.3, -0.25) is 19.4 Å². The van der Waals surface area contributed by atoms with E-state index in [2.05, 4.69) is 14.8 Å². The molecule has 0 bridgehead atoms. The molecule has 2 aromatic rings. The van der Waals surface area contributed by atoms with Gasteiger partial charge in [0.1, 0.15) is 0 Å². The molecule has 1 aliphatic carbocycles. The molecule has 0 spiro atoms. The number of nitrogens with one attached hydrogen (secondary N) is 1. The van der Waals surface area contributed by atoms with Crippen LogP contribution in [0.3, 0.4) is 0 Å². The van der Waals surface area contributed by atoms with Crippen molar-refractivity contribution in [1.29, 1.82) is 0 Å². The number of aryl methyl sites for hydroxylation is 2. The highest BCUT2D eigenvalue weighted by Gasteiger charge is 2.48. The number of carbonyl (C=O) groups is 1. The van der Waals surface area contributed by atoms with E-state index in [-0.39, 0.29) is 16.5 Å². The van der Waals surface area contributed by atoms with Crippen molar-refractivity contribution >= 4 is 43.3 Å². The minimum Gasteiger partial charge on any atom is -0.306 e. The van der Waals surface area contributed by atoms with E-state index in [1.165, 1.54) is 17.2 Å². The van der Waals surface area contributed by atoms with Crippen LogP contribution in [-0.4, -0.2) is 68.8 Å². The summed E-state index contributed by atoms with van der Waals surface area (Å²) < 4.78 is 30.5. The first-order valence-electron chi connectivity index (χ1n) is 10.8. The van der Waals surface area contributed by atoms with Crippen molar-refractivity contribution in [3.63, 3.8) is 0 Å². The monoisotopic (exact) mass is 462 g/mol. The zero-order chi connectivity index (χ0) is 23.9. The number of benzene rings is 1. The fraction of sp³-hybridized carbons (Fsp3) is 0.476. The largest absolute Gasteiger partial charge is 0.306 e. The molecule has 12 heteroatoms. The summed E-state index contributed by atoms with van der Waals surface area (Å²) in [6.07, 6.45) is 4.70. The molecular formula is C21H24B2N6O3S. The van der Waals surface area contributed by atoms with E-state index >= 15 is 0 Å². The van der Waals surface area contributed by atoms with Gasteiger partial charge < -0.3 is 4.90 Å². The van der Waals surface area contributed by atoms with E-state index in [0.717, 1.165) is 12.8 Å². The normalized spacial score (nSPS) is 21.6. The van der Waals surface area contributed by atoms with Gasteiger partial charge in [0.2, 0.25) is 16.0 Å². The van der Waals surface area contributed by atoms with Gasteiger partial charge in [0.15, 0.2) is 0 Å². The summed E-state index contributed by atoms with van der Waals surface area (Å²) in [5, 5.41) is 2.38. The number of carbonyl (C=O) groups excluding carboxylic acids is 1. The fourth-order valence-corrected chi connectivity index (χ4v) is 6.00. The van der Waals surface area contributed by atoms with Gasteiger partial charge in [-0.1, -0.05) is 0 Å². The van der Waals surface area contributed by atoms with Crippen LogP contribution in [-0.2, 0) is 22.4 Å². The highest BCUT2D eigenvalue weighted by molar-refractivity contribution is 7.89. The van der Waals surface area contributed by atoms with Gasteiger partial charge in [-0.25, -0.2) is 13.1 Å². The Hall–Kier alpha value is -2.59. The molecule has 168 valence electrons. The highest BCUT2D eigenvalue weighted by atomic mass is 32.2. The van der Waals surface area contributed by atoms with Crippen molar-refractivity contribution in [3.05, 3.63) is 41.2 Å². The SMILES string of the molecule is [B]C([B])(c1cnn(C)c1)N1C(=O)c2cc(S(=O)(=O)NC3(C)CC3)cc(C)c2N2C1=NC[C@H]2C. The van der Waals surface area contributed by atoms with Gasteiger partial charge >= 0.3 is 0 Å². The second-order valence-electron chi connectivity index (χ2n) is 9.53. The summed E-state index contributed by atoms with van der Waals surface area (Å²) >= 11 is 0. The predicted molar refractivity (Wildman–Crippen MR) is 126 cm³/mol. The van der Waals surface area contributed by atoms with Crippen LogP contribution >= 0.6 is 0 Å². The zero-order valence-electron chi connectivity index (χ0n) is 19.0. The highest BCUT2D eigenvalue weighted by Crippen LogP contribution is 2.41. The van der Waals surface area contributed by atoms with E-state index in [4.69, 9.17) is 15.7 Å². The smallest absolute Gasteiger partial charge is 0.262 e. The van der Waals surface area contributed by atoms with Gasteiger partial charge in [0, 0.05) is 24.1 Å². The van der Waals surface area contributed by atoms with Crippen LogP contribution in [0.25, 0.3) is 0 Å². The first-order chi connectivity index (χ1) is 15.3. The first-order valence-corrected chi connectivity index (χ1v) is 12.3. The number of amides is 1. The van der Waals surface area contributed by atoms with E-state index in [1.807, 2.05) is 18.7 Å². The van der Waals surface area contributed by atoms with E-state index in [0.29, 0.717) is 29.3 Å². The number of hydrogen-bond acceptors (Lipinski definition) is 6. The van der Waals surface area contributed by atoms with Gasteiger partial charge in [-0.15, -0.1) is 0 Å². The molecule has 3 aliphatic rings. The lowest BCUT2D eigenvalue weighted by Gasteiger charge is -2.46. The maximum absolute atomic E-state index is 13.8.